The topological polar surface area (TPSA) is 81.4 Å². The van der Waals surface area contributed by atoms with E-state index in [1.54, 1.807) is 6.92 Å². The smallest absolute Gasteiger partial charge is 0.240 e. The van der Waals surface area contributed by atoms with Gasteiger partial charge in [0.2, 0.25) is 10.0 Å². The second kappa shape index (κ2) is 7.07. The van der Waals surface area contributed by atoms with Gasteiger partial charge in [-0.05, 0) is 32.0 Å². The molecule has 0 saturated heterocycles. The van der Waals surface area contributed by atoms with Crippen molar-refractivity contribution in [2.45, 2.75) is 24.8 Å². The highest BCUT2D eigenvalue weighted by atomic mass is 32.2. The van der Waals surface area contributed by atoms with Crippen LogP contribution in [0.1, 0.15) is 19.4 Å². The predicted molar refractivity (Wildman–Crippen MR) is 78.6 cm³/mol. The number of thiocarbonyl (C=S) groups is 1. The third kappa shape index (κ3) is 4.48. The largest absolute Gasteiger partial charge is 0.389 e. The molecule has 1 atom stereocenters. The summed E-state index contributed by atoms with van der Waals surface area (Å²) in [6.45, 7) is 4.18. The molecule has 0 heterocycles. The normalized spacial score (nSPS) is 13.2. The summed E-state index contributed by atoms with van der Waals surface area (Å²) < 4.78 is 45.1. The number of benzene rings is 1. The van der Waals surface area contributed by atoms with Gasteiger partial charge in [-0.25, -0.2) is 17.5 Å². The lowest BCUT2D eigenvalue weighted by Gasteiger charge is -2.13. The van der Waals surface area contributed by atoms with Crippen molar-refractivity contribution in [2.75, 3.05) is 13.2 Å². The monoisotopic (exact) mass is 320 g/mol. The van der Waals surface area contributed by atoms with E-state index in [4.69, 9.17) is 10.5 Å². The maximum atomic E-state index is 13.4. The first kappa shape index (κ1) is 17.0. The lowest BCUT2D eigenvalue weighted by Crippen LogP contribution is -2.32. The van der Waals surface area contributed by atoms with E-state index >= 15 is 0 Å². The second-order valence-electron chi connectivity index (χ2n) is 4.12. The molecule has 112 valence electrons. The third-order valence-corrected chi connectivity index (χ3v) is 4.17. The number of ether oxygens (including phenoxy) is 1. The number of rotatable bonds is 7. The predicted octanol–water partition coefficient (Wildman–Crippen LogP) is 1.16. The van der Waals surface area contributed by atoms with E-state index < -0.39 is 15.8 Å². The summed E-state index contributed by atoms with van der Waals surface area (Å²) in [6, 6.07) is 3.30. The zero-order valence-corrected chi connectivity index (χ0v) is 12.9. The summed E-state index contributed by atoms with van der Waals surface area (Å²) in [7, 11) is -3.76. The molecule has 1 unspecified atom stereocenters. The molecule has 0 aliphatic rings. The Kier molecular flexibility index (Phi) is 6.00. The first-order valence-corrected chi connectivity index (χ1v) is 7.87. The second-order valence-corrected chi connectivity index (χ2v) is 6.33. The Bertz CT molecular complexity index is 590. The maximum absolute atomic E-state index is 13.4. The molecule has 0 aliphatic heterocycles. The van der Waals surface area contributed by atoms with Crippen LogP contribution in [0.25, 0.3) is 0 Å². The van der Waals surface area contributed by atoms with Gasteiger partial charge in [-0.3, -0.25) is 0 Å². The lowest BCUT2D eigenvalue weighted by molar-refractivity contribution is 0.0799. The summed E-state index contributed by atoms with van der Waals surface area (Å²) in [5, 5.41) is 0. The molecule has 20 heavy (non-hydrogen) atoms. The molecule has 0 bridgehead atoms. The number of hydrogen-bond donors (Lipinski definition) is 2. The van der Waals surface area contributed by atoms with Gasteiger partial charge >= 0.3 is 0 Å². The minimum absolute atomic E-state index is 0.0922. The van der Waals surface area contributed by atoms with Crippen LogP contribution in [-0.4, -0.2) is 32.7 Å². The number of nitrogens with two attached hydrogens (primary N) is 1. The zero-order valence-electron chi connectivity index (χ0n) is 11.2. The molecule has 0 fully saturated rings. The Morgan fingerprint density at radius 2 is 2.20 bits per heavy atom. The van der Waals surface area contributed by atoms with Crippen LogP contribution in [0.15, 0.2) is 23.1 Å². The Balaban J connectivity index is 2.93. The maximum Gasteiger partial charge on any atom is 0.240 e. The van der Waals surface area contributed by atoms with Crippen LogP contribution in [0, 0.1) is 5.82 Å². The van der Waals surface area contributed by atoms with Crippen LogP contribution < -0.4 is 10.5 Å². The number of hydrogen-bond acceptors (Lipinski definition) is 4. The van der Waals surface area contributed by atoms with Crippen LogP contribution in [-0.2, 0) is 14.8 Å². The summed E-state index contributed by atoms with van der Waals surface area (Å²) in [5.74, 6) is -0.654. The summed E-state index contributed by atoms with van der Waals surface area (Å²) >= 11 is 4.68. The van der Waals surface area contributed by atoms with E-state index in [1.165, 1.54) is 0 Å². The quantitative estimate of drug-likeness (QED) is 0.737. The number of sulfonamides is 1. The average Bonchev–Trinajstić information content (AvgIpc) is 2.37. The van der Waals surface area contributed by atoms with Crippen LogP contribution in [0.3, 0.4) is 0 Å². The van der Waals surface area contributed by atoms with Gasteiger partial charge in [-0.2, -0.15) is 0 Å². The molecule has 5 nitrogen and oxygen atoms in total. The molecule has 8 heteroatoms. The fraction of sp³-hybridized carbons (Fsp3) is 0.417. The summed E-state index contributed by atoms with van der Waals surface area (Å²) in [4.78, 5) is -0.285. The molecule has 0 spiro atoms. The first-order valence-electron chi connectivity index (χ1n) is 5.98. The molecule has 1 rings (SSSR count). The van der Waals surface area contributed by atoms with Crippen molar-refractivity contribution in [2.24, 2.45) is 5.73 Å². The first-order chi connectivity index (χ1) is 9.27. The standard InChI is InChI=1S/C12H17FN2O3S2/c1-3-18-8(2)7-15-20(16,17)9-4-5-11(13)10(6-9)12(14)19/h4-6,8,15H,3,7H2,1-2H3,(H2,14,19). The minimum atomic E-state index is -3.76. The Morgan fingerprint density at radius 3 is 2.75 bits per heavy atom. The fourth-order valence-corrected chi connectivity index (χ4v) is 2.81. The Morgan fingerprint density at radius 1 is 1.55 bits per heavy atom. The molecule has 0 amide bonds. The Hall–Kier alpha value is -1.09. The molecule has 1 aromatic carbocycles. The van der Waals surface area contributed by atoms with Gasteiger partial charge < -0.3 is 10.5 Å². The highest BCUT2D eigenvalue weighted by Gasteiger charge is 2.18. The van der Waals surface area contributed by atoms with Crippen LogP contribution in [0.4, 0.5) is 4.39 Å². The summed E-state index contributed by atoms with van der Waals surface area (Å²) in [5.41, 5.74) is 5.25. The molecule has 0 saturated carbocycles. The lowest BCUT2D eigenvalue weighted by atomic mass is 10.2. The van der Waals surface area contributed by atoms with E-state index in [0.717, 1.165) is 18.2 Å². The fourth-order valence-electron chi connectivity index (χ4n) is 1.51. The number of halogens is 1. The van der Waals surface area contributed by atoms with Crippen LogP contribution in [0.5, 0.6) is 0 Å². The van der Waals surface area contributed by atoms with E-state index in [-0.39, 0.29) is 28.1 Å². The van der Waals surface area contributed by atoms with E-state index in [2.05, 4.69) is 16.9 Å². The third-order valence-electron chi connectivity index (χ3n) is 2.53. The van der Waals surface area contributed by atoms with Gasteiger partial charge in [-0.15, -0.1) is 0 Å². The SMILES string of the molecule is CCOC(C)CNS(=O)(=O)c1ccc(F)c(C(N)=S)c1. The van der Waals surface area contributed by atoms with E-state index in [0.29, 0.717) is 6.61 Å². The van der Waals surface area contributed by atoms with Crippen molar-refractivity contribution in [1.29, 1.82) is 0 Å². The van der Waals surface area contributed by atoms with Crippen molar-refractivity contribution in [3.63, 3.8) is 0 Å². The van der Waals surface area contributed by atoms with Gasteiger partial charge in [0.1, 0.15) is 10.8 Å². The molecule has 3 N–H and O–H groups in total. The number of nitrogens with one attached hydrogen (secondary N) is 1. The molecular formula is C12H17FN2O3S2. The Labute approximate surface area is 123 Å². The van der Waals surface area contributed by atoms with E-state index in [9.17, 15) is 12.8 Å². The highest BCUT2D eigenvalue weighted by Crippen LogP contribution is 2.15. The van der Waals surface area contributed by atoms with Crippen molar-refractivity contribution in [3.8, 4) is 0 Å². The summed E-state index contributed by atoms with van der Waals surface area (Å²) in [6.07, 6.45) is -0.259. The van der Waals surface area contributed by atoms with Crippen molar-refractivity contribution in [1.82, 2.24) is 4.72 Å². The van der Waals surface area contributed by atoms with Gasteiger partial charge in [0, 0.05) is 18.7 Å². The molecular weight excluding hydrogens is 303 g/mol. The molecule has 0 radical (unpaired) electrons. The van der Waals surface area contributed by atoms with Crippen LogP contribution in [0.2, 0.25) is 0 Å². The minimum Gasteiger partial charge on any atom is -0.389 e. The average molecular weight is 320 g/mol. The van der Waals surface area contributed by atoms with E-state index in [1.807, 2.05) is 6.92 Å². The van der Waals surface area contributed by atoms with Gasteiger partial charge in [0.25, 0.3) is 0 Å². The molecule has 0 aliphatic carbocycles. The molecule has 0 aromatic heterocycles. The zero-order chi connectivity index (χ0) is 15.3. The van der Waals surface area contributed by atoms with Crippen molar-refractivity contribution >= 4 is 27.2 Å². The van der Waals surface area contributed by atoms with Crippen LogP contribution >= 0.6 is 12.2 Å². The highest BCUT2D eigenvalue weighted by molar-refractivity contribution is 7.89. The van der Waals surface area contributed by atoms with Crippen molar-refractivity contribution < 1.29 is 17.5 Å². The van der Waals surface area contributed by atoms with Gasteiger partial charge in [-0.1, -0.05) is 12.2 Å². The van der Waals surface area contributed by atoms with Crippen molar-refractivity contribution in [3.05, 3.63) is 29.6 Å². The van der Waals surface area contributed by atoms with Gasteiger partial charge in [0.15, 0.2) is 0 Å². The molecule has 1 aromatic rings. The van der Waals surface area contributed by atoms with Gasteiger partial charge in [0.05, 0.1) is 11.0 Å².